The molecule has 0 aromatic heterocycles. The van der Waals surface area contributed by atoms with Crippen molar-refractivity contribution in [2.24, 2.45) is 45.8 Å². The lowest BCUT2D eigenvalue weighted by Crippen LogP contribution is -2.68. The average molecular weight is 421 g/mol. The lowest BCUT2D eigenvalue weighted by atomic mass is 9.37. The standard InChI is InChI=1S/C26H44O4/c1-6-7-16(2)18-8-9-19-21-20(11-12-23(18,19)3)24(4)13-10-17(27)14-26(24,22(28)29)15-25(21,5)30/h16-21,27,30H,6-15H2,1-5H3,(H,28,29)/t16-,17-,18-,19+,20+,21+,23-,24-,25+,26?/m1/s1. The Morgan fingerprint density at radius 2 is 1.77 bits per heavy atom. The van der Waals surface area contributed by atoms with E-state index >= 15 is 0 Å². The molecule has 4 heteroatoms. The summed E-state index contributed by atoms with van der Waals surface area (Å²) in [6, 6.07) is 0. The van der Waals surface area contributed by atoms with Crippen molar-refractivity contribution in [1.29, 1.82) is 0 Å². The molecule has 4 aliphatic carbocycles. The van der Waals surface area contributed by atoms with E-state index in [1.54, 1.807) is 0 Å². The number of rotatable bonds is 4. The van der Waals surface area contributed by atoms with Crippen molar-refractivity contribution in [3.63, 3.8) is 0 Å². The molecule has 0 aliphatic heterocycles. The first kappa shape index (κ1) is 22.6. The molecule has 4 rings (SSSR count). The largest absolute Gasteiger partial charge is 0.481 e. The van der Waals surface area contributed by atoms with E-state index in [0.717, 1.165) is 19.3 Å². The first-order valence-electron chi connectivity index (χ1n) is 12.6. The summed E-state index contributed by atoms with van der Waals surface area (Å²) in [7, 11) is 0. The maximum atomic E-state index is 12.7. The molecular weight excluding hydrogens is 376 g/mol. The molecule has 4 aliphatic rings. The fourth-order valence-corrected chi connectivity index (χ4v) is 9.75. The van der Waals surface area contributed by atoms with Gasteiger partial charge in [-0.2, -0.15) is 0 Å². The van der Waals surface area contributed by atoms with Gasteiger partial charge in [0.05, 0.1) is 17.1 Å². The van der Waals surface area contributed by atoms with Gasteiger partial charge in [0, 0.05) is 0 Å². The molecule has 0 aromatic rings. The molecule has 3 N–H and O–H groups in total. The van der Waals surface area contributed by atoms with Crippen LogP contribution < -0.4 is 0 Å². The van der Waals surface area contributed by atoms with Crippen molar-refractivity contribution >= 4 is 5.97 Å². The van der Waals surface area contributed by atoms with Crippen molar-refractivity contribution in [3.05, 3.63) is 0 Å². The van der Waals surface area contributed by atoms with Crippen molar-refractivity contribution in [3.8, 4) is 0 Å². The van der Waals surface area contributed by atoms with Crippen LogP contribution in [0.4, 0.5) is 0 Å². The fourth-order valence-electron chi connectivity index (χ4n) is 9.75. The Hall–Kier alpha value is -0.610. The monoisotopic (exact) mass is 420 g/mol. The average Bonchev–Trinajstić information content (AvgIpc) is 3.00. The predicted octanol–water partition coefficient (Wildman–Crippen LogP) is 5.26. The quantitative estimate of drug-likeness (QED) is 0.580. The highest BCUT2D eigenvalue weighted by atomic mass is 16.4. The van der Waals surface area contributed by atoms with Crippen molar-refractivity contribution in [2.45, 2.75) is 111 Å². The van der Waals surface area contributed by atoms with E-state index in [1.807, 2.05) is 6.92 Å². The van der Waals surface area contributed by atoms with Crippen LogP contribution in [0.5, 0.6) is 0 Å². The number of carboxylic acids is 1. The fraction of sp³-hybridized carbons (Fsp3) is 0.962. The third kappa shape index (κ3) is 2.88. The van der Waals surface area contributed by atoms with Gasteiger partial charge in [-0.3, -0.25) is 4.79 Å². The molecule has 0 saturated heterocycles. The van der Waals surface area contributed by atoms with Crippen molar-refractivity contribution in [2.75, 3.05) is 0 Å². The smallest absolute Gasteiger partial charge is 0.310 e. The summed E-state index contributed by atoms with van der Waals surface area (Å²) < 4.78 is 0. The molecule has 4 saturated carbocycles. The Balaban J connectivity index is 1.74. The third-order valence-corrected chi connectivity index (χ3v) is 11.1. The van der Waals surface area contributed by atoms with E-state index in [0.29, 0.717) is 24.2 Å². The number of fused-ring (bicyclic) bond motifs is 5. The van der Waals surface area contributed by atoms with Crippen LogP contribution in [0, 0.1) is 45.8 Å². The van der Waals surface area contributed by atoms with Crippen molar-refractivity contribution in [1.82, 2.24) is 0 Å². The van der Waals surface area contributed by atoms with Crippen LogP contribution in [0.25, 0.3) is 0 Å². The molecule has 10 atom stereocenters. The Morgan fingerprint density at radius 3 is 2.40 bits per heavy atom. The molecule has 4 nitrogen and oxygen atoms in total. The van der Waals surface area contributed by atoms with Gasteiger partial charge in [0.25, 0.3) is 0 Å². The van der Waals surface area contributed by atoms with Crippen LogP contribution in [0.2, 0.25) is 0 Å². The van der Waals surface area contributed by atoms with Gasteiger partial charge in [0.1, 0.15) is 0 Å². The SMILES string of the molecule is CCC[C@@H](C)[C@H]1CC[C@H]2[C@H]3[C@H](CC[C@]12C)[C@@]1(C)CC[C@@H](O)CC1(C(=O)O)C[C@]3(C)O. The maximum Gasteiger partial charge on any atom is 0.310 e. The third-order valence-electron chi connectivity index (χ3n) is 11.1. The molecular formula is C26H44O4. The number of hydrogen-bond acceptors (Lipinski definition) is 3. The van der Waals surface area contributed by atoms with Gasteiger partial charge in [-0.1, -0.05) is 40.5 Å². The highest BCUT2D eigenvalue weighted by Gasteiger charge is 2.72. The van der Waals surface area contributed by atoms with Gasteiger partial charge in [0.15, 0.2) is 0 Å². The van der Waals surface area contributed by atoms with Gasteiger partial charge in [-0.25, -0.2) is 0 Å². The van der Waals surface area contributed by atoms with Crippen LogP contribution in [0.3, 0.4) is 0 Å². The minimum absolute atomic E-state index is 0.169. The topological polar surface area (TPSA) is 77.8 Å². The summed E-state index contributed by atoms with van der Waals surface area (Å²) in [6.07, 6.45) is 8.55. The van der Waals surface area contributed by atoms with E-state index in [4.69, 9.17) is 0 Å². The number of aliphatic carboxylic acids is 1. The van der Waals surface area contributed by atoms with E-state index in [-0.39, 0.29) is 35.5 Å². The highest BCUT2D eigenvalue weighted by molar-refractivity contribution is 5.77. The second kappa shape index (κ2) is 7.20. The number of aliphatic hydroxyl groups excluding tert-OH is 1. The summed E-state index contributed by atoms with van der Waals surface area (Å²) in [4.78, 5) is 12.7. The second-order valence-electron chi connectivity index (χ2n) is 12.5. The number of carboxylic acid groups (broad SMARTS) is 1. The highest BCUT2D eigenvalue weighted by Crippen LogP contribution is 2.73. The molecule has 0 bridgehead atoms. The first-order chi connectivity index (χ1) is 13.9. The van der Waals surface area contributed by atoms with Crippen LogP contribution >= 0.6 is 0 Å². The Morgan fingerprint density at radius 1 is 1.07 bits per heavy atom. The Bertz CT molecular complexity index is 689. The molecule has 1 unspecified atom stereocenters. The Kier molecular flexibility index (Phi) is 5.42. The molecule has 0 heterocycles. The normalized spacial score (nSPS) is 54.0. The molecule has 4 fully saturated rings. The van der Waals surface area contributed by atoms with Crippen LogP contribution in [-0.4, -0.2) is 33.0 Å². The van der Waals surface area contributed by atoms with E-state index in [2.05, 4.69) is 27.7 Å². The predicted molar refractivity (Wildman–Crippen MR) is 118 cm³/mol. The summed E-state index contributed by atoms with van der Waals surface area (Å²) >= 11 is 0. The molecule has 0 amide bonds. The maximum absolute atomic E-state index is 12.7. The Labute approximate surface area is 182 Å². The lowest BCUT2D eigenvalue weighted by Gasteiger charge is -2.68. The molecule has 30 heavy (non-hydrogen) atoms. The van der Waals surface area contributed by atoms with Gasteiger partial charge >= 0.3 is 5.97 Å². The van der Waals surface area contributed by atoms with Crippen molar-refractivity contribution < 1.29 is 20.1 Å². The lowest BCUT2D eigenvalue weighted by molar-refractivity contribution is -0.251. The number of hydrogen-bond donors (Lipinski definition) is 3. The zero-order valence-corrected chi connectivity index (χ0v) is 19.8. The second-order valence-corrected chi connectivity index (χ2v) is 12.5. The minimum Gasteiger partial charge on any atom is -0.481 e. The molecule has 0 radical (unpaired) electrons. The first-order valence-corrected chi connectivity index (χ1v) is 12.6. The summed E-state index contributed by atoms with van der Waals surface area (Å²) in [5.74, 6) is 1.49. The molecule has 0 aromatic carbocycles. The summed E-state index contributed by atoms with van der Waals surface area (Å²) in [5.41, 5.74) is -2.10. The molecule has 172 valence electrons. The van der Waals surface area contributed by atoms with Gasteiger partial charge in [-0.05, 0) is 98.7 Å². The number of aliphatic hydroxyl groups is 2. The zero-order chi connectivity index (χ0) is 22.1. The van der Waals surface area contributed by atoms with E-state index in [9.17, 15) is 20.1 Å². The number of carbonyl (C=O) groups is 1. The summed E-state index contributed by atoms with van der Waals surface area (Å²) in [6.45, 7) is 11.3. The van der Waals surface area contributed by atoms with E-state index in [1.165, 1.54) is 25.7 Å². The van der Waals surface area contributed by atoms with E-state index < -0.39 is 23.1 Å². The van der Waals surface area contributed by atoms with Gasteiger partial charge < -0.3 is 15.3 Å². The van der Waals surface area contributed by atoms with Crippen LogP contribution in [-0.2, 0) is 4.79 Å². The van der Waals surface area contributed by atoms with Crippen LogP contribution in [0.1, 0.15) is 98.8 Å². The van der Waals surface area contributed by atoms with Gasteiger partial charge in [0.2, 0.25) is 0 Å². The zero-order valence-electron chi connectivity index (χ0n) is 19.8. The molecule has 0 spiro atoms. The van der Waals surface area contributed by atoms with Crippen LogP contribution in [0.15, 0.2) is 0 Å². The van der Waals surface area contributed by atoms with Gasteiger partial charge in [-0.15, -0.1) is 0 Å². The summed E-state index contributed by atoms with van der Waals surface area (Å²) in [5, 5.41) is 32.7. The minimum atomic E-state index is -1.02.